The van der Waals surface area contributed by atoms with Crippen LogP contribution >= 0.6 is 11.8 Å². The lowest BCUT2D eigenvalue weighted by molar-refractivity contribution is -0.118. The highest BCUT2D eigenvalue weighted by molar-refractivity contribution is 7.99. The SMILES string of the molecule is Cc1ccc(-n2c(C)cc(/C=N/NC(=O)CSCc3ccccc3C)c2C)cc1C. The molecule has 5 heteroatoms. The van der Waals surface area contributed by atoms with Gasteiger partial charge in [-0.15, -0.1) is 11.8 Å². The fourth-order valence-electron chi connectivity index (χ4n) is 3.41. The summed E-state index contributed by atoms with van der Waals surface area (Å²) < 4.78 is 2.22. The summed E-state index contributed by atoms with van der Waals surface area (Å²) in [7, 11) is 0. The molecule has 0 saturated carbocycles. The van der Waals surface area contributed by atoms with Crippen molar-refractivity contribution in [2.24, 2.45) is 5.10 Å². The van der Waals surface area contributed by atoms with Crippen molar-refractivity contribution >= 4 is 23.9 Å². The van der Waals surface area contributed by atoms with E-state index in [1.165, 1.54) is 22.3 Å². The van der Waals surface area contributed by atoms with Crippen LogP contribution in [-0.2, 0) is 10.5 Å². The van der Waals surface area contributed by atoms with Gasteiger partial charge in [-0.25, -0.2) is 5.43 Å². The Morgan fingerprint density at radius 3 is 2.50 bits per heavy atom. The largest absolute Gasteiger partial charge is 0.318 e. The van der Waals surface area contributed by atoms with Crippen LogP contribution < -0.4 is 5.43 Å². The Morgan fingerprint density at radius 2 is 1.77 bits per heavy atom. The molecular weight excluding hydrogens is 390 g/mol. The van der Waals surface area contributed by atoms with Crippen LogP contribution in [0.15, 0.2) is 53.6 Å². The molecule has 1 heterocycles. The van der Waals surface area contributed by atoms with E-state index in [0.717, 1.165) is 28.4 Å². The van der Waals surface area contributed by atoms with E-state index in [4.69, 9.17) is 0 Å². The zero-order chi connectivity index (χ0) is 21.7. The number of hydrogen-bond acceptors (Lipinski definition) is 3. The van der Waals surface area contributed by atoms with Gasteiger partial charge in [-0.3, -0.25) is 4.79 Å². The molecule has 0 atom stereocenters. The van der Waals surface area contributed by atoms with Gasteiger partial charge in [-0.2, -0.15) is 5.10 Å². The van der Waals surface area contributed by atoms with E-state index < -0.39 is 0 Å². The van der Waals surface area contributed by atoms with Crippen molar-refractivity contribution in [3.8, 4) is 5.69 Å². The lowest BCUT2D eigenvalue weighted by atomic mass is 10.1. The van der Waals surface area contributed by atoms with Crippen molar-refractivity contribution in [2.75, 3.05) is 5.75 Å². The maximum absolute atomic E-state index is 12.1. The Kier molecular flexibility index (Phi) is 7.16. The molecule has 0 unspecified atom stereocenters. The zero-order valence-corrected chi connectivity index (χ0v) is 19.1. The van der Waals surface area contributed by atoms with Crippen LogP contribution in [0.4, 0.5) is 0 Å². The predicted octanol–water partition coefficient (Wildman–Crippen LogP) is 5.40. The van der Waals surface area contributed by atoms with Gasteiger partial charge in [0.25, 0.3) is 0 Å². The van der Waals surface area contributed by atoms with Crippen molar-refractivity contribution in [3.05, 3.63) is 87.7 Å². The number of amides is 1. The summed E-state index contributed by atoms with van der Waals surface area (Å²) in [5, 5.41) is 4.17. The van der Waals surface area contributed by atoms with Crippen LogP contribution in [0, 0.1) is 34.6 Å². The van der Waals surface area contributed by atoms with Crippen LogP contribution in [0.1, 0.15) is 39.2 Å². The number of carbonyl (C=O) groups excluding carboxylic acids is 1. The molecule has 2 aromatic carbocycles. The first-order valence-corrected chi connectivity index (χ1v) is 11.2. The Balaban J connectivity index is 1.59. The number of nitrogens with zero attached hydrogens (tertiary/aromatic N) is 2. The first-order valence-electron chi connectivity index (χ1n) is 10.1. The topological polar surface area (TPSA) is 46.4 Å². The molecule has 30 heavy (non-hydrogen) atoms. The molecule has 0 aliphatic heterocycles. The van der Waals surface area contributed by atoms with Crippen LogP contribution in [-0.4, -0.2) is 22.4 Å². The quantitative estimate of drug-likeness (QED) is 0.411. The van der Waals surface area contributed by atoms with Gasteiger partial charge in [0.2, 0.25) is 5.91 Å². The van der Waals surface area contributed by atoms with Crippen molar-refractivity contribution in [3.63, 3.8) is 0 Å². The summed E-state index contributed by atoms with van der Waals surface area (Å²) in [4.78, 5) is 12.1. The highest BCUT2D eigenvalue weighted by Crippen LogP contribution is 2.22. The number of hydrogen-bond donors (Lipinski definition) is 1. The molecule has 3 rings (SSSR count). The van der Waals surface area contributed by atoms with E-state index in [1.807, 2.05) is 12.1 Å². The third kappa shape index (κ3) is 5.22. The molecule has 0 saturated heterocycles. The molecule has 0 fully saturated rings. The first kappa shape index (κ1) is 21.9. The average Bonchev–Trinajstić information content (AvgIpc) is 2.99. The molecule has 0 spiro atoms. The number of aromatic nitrogens is 1. The summed E-state index contributed by atoms with van der Waals surface area (Å²) >= 11 is 1.59. The number of benzene rings is 2. The van der Waals surface area contributed by atoms with E-state index in [2.05, 4.69) is 86.1 Å². The molecule has 1 N–H and O–H groups in total. The Labute approximate surface area is 183 Å². The average molecular weight is 420 g/mol. The Hall–Kier alpha value is -2.79. The van der Waals surface area contributed by atoms with E-state index in [9.17, 15) is 4.79 Å². The van der Waals surface area contributed by atoms with Gasteiger partial charge in [0, 0.05) is 28.4 Å². The molecule has 0 aliphatic rings. The minimum Gasteiger partial charge on any atom is -0.318 e. The molecule has 0 aliphatic carbocycles. The van der Waals surface area contributed by atoms with Crippen molar-refractivity contribution < 1.29 is 4.79 Å². The molecule has 0 bridgehead atoms. The second-order valence-corrected chi connectivity index (χ2v) is 8.63. The van der Waals surface area contributed by atoms with E-state index in [-0.39, 0.29) is 5.91 Å². The number of thioether (sulfide) groups is 1. The minimum atomic E-state index is -0.0900. The summed E-state index contributed by atoms with van der Waals surface area (Å²) in [6.07, 6.45) is 1.73. The summed E-state index contributed by atoms with van der Waals surface area (Å²) in [6.45, 7) is 10.5. The number of nitrogens with one attached hydrogen (secondary N) is 1. The van der Waals surface area contributed by atoms with E-state index in [0.29, 0.717) is 5.75 Å². The smallest absolute Gasteiger partial charge is 0.250 e. The fourth-order valence-corrected chi connectivity index (χ4v) is 4.31. The van der Waals surface area contributed by atoms with Crippen molar-refractivity contribution in [2.45, 2.75) is 40.4 Å². The van der Waals surface area contributed by atoms with Crippen LogP contribution in [0.5, 0.6) is 0 Å². The summed E-state index contributed by atoms with van der Waals surface area (Å²) in [6, 6.07) is 16.8. The van der Waals surface area contributed by atoms with Gasteiger partial charge < -0.3 is 4.57 Å². The number of hydrazone groups is 1. The summed E-state index contributed by atoms with van der Waals surface area (Å²) in [5.41, 5.74) is 12.1. The number of rotatable bonds is 7. The first-order chi connectivity index (χ1) is 14.4. The normalized spacial score (nSPS) is 11.2. The van der Waals surface area contributed by atoms with E-state index in [1.54, 1.807) is 18.0 Å². The monoisotopic (exact) mass is 419 g/mol. The highest BCUT2D eigenvalue weighted by atomic mass is 32.2. The van der Waals surface area contributed by atoms with Gasteiger partial charge in [0.05, 0.1) is 12.0 Å². The van der Waals surface area contributed by atoms with Crippen LogP contribution in [0.2, 0.25) is 0 Å². The van der Waals surface area contributed by atoms with Gasteiger partial charge >= 0.3 is 0 Å². The number of carbonyl (C=O) groups is 1. The maximum atomic E-state index is 12.1. The second-order valence-electron chi connectivity index (χ2n) is 7.64. The van der Waals surface area contributed by atoms with Crippen LogP contribution in [0.3, 0.4) is 0 Å². The minimum absolute atomic E-state index is 0.0900. The number of aryl methyl sites for hydroxylation is 4. The Morgan fingerprint density at radius 1 is 1.00 bits per heavy atom. The van der Waals surface area contributed by atoms with Gasteiger partial charge in [-0.05, 0) is 75.1 Å². The lowest BCUT2D eigenvalue weighted by Crippen LogP contribution is -2.19. The molecule has 4 nitrogen and oxygen atoms in total. The van der Waals surface area contributed by atoms with Gasteiger partial charge in [-0.1, -0.05) is 30.3 Å². The third-order valence-electron chi connectivity index (χ3n) is 5.36. The van der Waals surface area contributed by atoms with E-state index >= 15 is 0 Å². The molecule has 156 valence electrons. The molecular formula is C25H29N3OS. The summed E-state index contributed by atoms with van der Waals surface area (Å²) in [5.74, 6) is 1.11. The second kappa shape index (κ2) is 9.81. The molecule has 0 radical (unpaired) electrons. The Bertz CT molecular complexity index is 1080. The lowest BCUT2D eigenvalue weighted by Gasteiger charge is -2.11. The van der Waals surface area contributed by atoms with Crippen molar-refractivity contribution in [1.82, 2.24) is 9.99 Å². The fraction of sp³-hybridized carbons (Fsp3) is 0.280. The molecule has 1 aromatic heterocycles. The van der Waals surface area contributed by atoms with Gasteiger partial charge in [0.1, 0.15) is 0 Å². The standard InChI is InChI=1S/C25H29N3OS/c1-17-10-11-24(12-19(17)3)28-20(4)13-23(21(28)5)14-26-27-25(29)16-30-15-22-9-7-6-8-18(22)2/h6-14H,15-16H2,1-5H3,(H,27,29)/b26-14+. The molecule has 1 amide bonds. The highest BCUT2D eigenvalue weighted by Gasteiger charge is 2.10. The van der Waals surface area contributed by atoms with Crippen molar-refractivity contribution in [1.29, 1.82) is 0 Å². The maximum Gasteiger partial charge on any atom is 0.250 e. The van der Waals surface area contributed by atoms with Gasteiger partial charge in [0.15, 0.2) is 0 Å². The van der Waals surface area contributed by atoms with Crippen LogP contribution in [0.25, 0.3) is 5.69 Å². The zero-order valence-electron chi connectivity index (χ0n) is 18.3. The third-order valence-corrected chi connectivity index (χ3v) is 6.35. The predicted molar refractivity (Wildman–Crippen MR) is 128 cm³/mol. The molecule has 3 aromatic rings.